The predicted molar refractivity (Wildman–Crippen MR) is 110 cm³/mol. The number of aromatic nitrogens is 2. The second-order valence-electron chi connectivity index (χ2n) is 6.56. The number of aryl methyl sites for hydroxylation is 2. The molecule has 0 aliphatic rings. The molecule has 9 heteroatoms. The number of benzene rings is 2. The van der Waals surface area contributed by atoms with E-state index in [1.807, 2.05) is 26.0 Å². The zero-order valence-electron chi connectivity index (χ0n) is 16.7. The number of anilines is 1. The molecule has 0 atom stereocenters. The summed E-state index contributed by atoms with van der Waals surface area (Å²) in [5, 5.41) is 18.4. The van der Waals surface area contributed by atoms with Gasteiger partial charge >= 0.3 is 5.97 Å². The molecule has 1 heterocycles. The molecular formula is C21H20N4O5. The highest BCUT2D eigenvalue weighted by molar-refractivity contribution is 6.07. The van der Waals surface area contributed by atoms with E-state index in [0.29, 0.717) is 11.4 Å². The first kappa shape index (κ1) is 20.7. The summed E-state index contributed by atoms with van der Waals surface area (Å²) in [6.45, 7) is 5.49. The third kappa shape index (κ3) is 4.35. The molecule has 0 spiro atoms. The fourth-order valence-electron chi connectivity index (χ4n) is 3.01. The van der Waals surface area contributed by atoms with Gasteiger partial charge in [0.15, 0.2) is 0 Å². The van der Waals surface area contributed by atoms with Crippen LogP contribution in [0.4, 0.5) is 11.4 Å². The van der Waals surface area contributed by atoms with Crippen LogP contribution in [0.25, 0.3) is 5.69 Å². The van der Waals surface area contributed by atoms with Crippen LogP contribution in [0.2, 0.25) is 0 Å². The third-order valence-corrected chi connectivity index (χ3v) is 4.29. The maximum atomic E-state index is 12.9. The minimum absolute atomic E-state index is 0.0320. The lowest BCUT2D eigenvalue weighted by atomic mass is 10.1. The number of ether oxygens (including phenoxy) is 1. The van der Waals surface area contributed by atoms with Crippen LogP contribution in [-0.2, 0) is 4.74 Å². The number of hydrogen-bond acceptors (Lipinski definition) is 6. The topological polar surface area (TPSA) is 116 Å². The van der Waals surface area contributed by atoms with Crippen LogP contribution in [0.15, 0.2) is 48.5 Å². The summed E-state index contributed by atoms with van der Waals surface area (Å²) >= 11 is 0. The van der Waals surface area contributed by atoms with Crippen LogP contribution in [-0.4, -0.2) is 33.2 Å². The highest BCUT2D eigenvalue weighted by Gasteiger charge is 2.20. The number of amides is 1. The highest BCUT2D eigenvalue weighted by Crippen LogP contribution is 2.24. The Balaban J connectivity index is 1.98. The van der Waals surface area contributed by atoms with Gasteiger partial charge in [0.25, 0.3) is 11.6 Å². The van der Waals surface area contributed by atoms with Crippen LogP contribution in [0.5, 0.6) is 0 Å². The average molecular weight is 408 g/mol. The van der Waals surface area contributed by atoms with E-state index in [4.69, 9.17) is 4.74 Å². The molecule has 1 amide bonds. The van der Waals surface area contributed by atoms with Gasteiger partial charge in [-0.15, -0.1) is 0 Å². The number of nitrogens with one attached hydrogen (secondary N) is 1. The number of non-ortho nitro benzene ring substituents is 1. The lowest BCUT2D eigenvalue weighted by Gasteiger charge is -2.13. The summed E-state index contributed by atoms with van der Waals surface area (Å²) in [6.07, 6.45) is 0. The Morgan fingerprint density at radius 3 is 2.47 bits per heavy atom. The summed E-state index contributed by atoms with van der Waals surface area (Å²) in [6, 6.07) is 12.4. The molecule has 30 heavy (non-hydrogen) atoms. The van der Waals surface area contributed by atoms with Crippen molar-refractivity contribution in [3.05, 3.63) is 81.2 Å². The van der Waals surface area contributed by atoms with Crippen molar-refractivity contribution >= 4 is 23.3 Å². The van der Waals surface area contributed by atoms with E-state index in [1.165, 1.54) is 6.07 Å². The number of hydrogen-bond donors (Lipinski definition) is 1. The quantitative estimate of drug-likeness (QED) is 0.376. The van der Waals surface area contributed by atoms with Gasteiger partial charge in [-0.05, 0) is 45.0 Å². The number of esters is 1. The second kappa shape index (κ2) is 8.56. The van der Waals surface area contributed by atoms with Crippen LogP contribution >= 0.6 is 0 Å². The van der Waals surface area contributed by atoms with Gasteiger partial charge in [-0.3, -0.25) is 14.9 Å². The van der Waals surface area contributed by atoms with Crippen LogP contribution in [0.1, 0.15) is 39.0 Å². The number of rotatable bonds is 6. The van der Waals surface area contributed by atoms with Crippen molar-refractivity contribution in [2.75, 3.05) is 11.9 Å². The zero-order chi connectivity index (χ0) is 21.8. The summed E-state index contributed by atoms with van der Waals surface area (Å²) in [4.78, 5) is 35.5. The Labute approximate surface area is 172 Å². The first-order valence-electron chi connectivity index (χ1n) is 9.20. The summed E-state index contributed by atoms with van der Waals surface area (Å²) in [7, 11) is 0. The molecule has 0 radical (unpaired) electrons. The maximum absolute atomic E-state index is 12.9. The third-order valence-electron chi connectivity index (χ3n) is 4.29. The van der Waals surface area contributed by atoms with E-state index in [-0.39, 0.29) is 23.4 Å². The van der Waals surface area contributed by atoms with Crippen molar-refractivity contribution in [2.24, 2.45) is 0 Å². The van der Waals surface area contributed by atoms with Gasteiger partial charge in [-0.2, -0.15) is 5.10 Å². The largest absolute Gasteiger partial charge is 0.462 e. The highest BCUT2D eigenvalue weighted by atomic mass is 16.6. The van der Waals surface area contributed by atoms with Crippen molar-refractivity contribution in [1.82, 2.24) is 9.78 Å². The molecule has 1 aromatic heterocycles. The standard InChI is InChI=1S/C21H20N4O5/c1-4-30-21(27)16-10-15(11-17(12-16)25(28)29)20(26)22-18-7-5-6-8-19(18)24-14(3)9-13(2)23-24/h5-12H,4H2,1-3H3,(H,22,26). The van der Waals surface area contributed by atoms with E-state index in [1.54, 1.807) is 29.8 Å². The van der Waals surface area contributed by atoms with E-state index < -0.39 is 16.8 Å². The number of carbonyl (C=O) groups is 2. The second-order valence-corrected chi connectivity index (χ2v) is 6.56. The normalized spacial score (nSPS) is 10.5. The van der Waals surface area contributed by atoms with Gasteiger partial charge in [-0.25, -0.2) is 9.48 Å². The van der Waals surface area contributed by atoms with Crippen molar-refractivity contribution in [2.45, 2.75) is 20.8 Å². The molecule has 0 bridgehead atoms. The van der Waals surface area contributed by atoms with Gasteiger partial charge in [0.05, 0.1) is 34.2 Å². The average Bonchev–Trinajstić information content (AvgIpc) is 3.06. The predicted octanol–water partition coefficient (Wildman–Crippen LogP) is 3.83. The van der Waals surface area contributed by atoms with Crippen molar-refractivity contribution in [1.29, 1.82) is 0 Å². The van der Waals surface area contributed by atoms with Crippen LogP contribution in [0.3, 0.4) is 0 Å². The maximum Gasteiger partial charge on any atom is 0.338 e. The fraction of sp³-hybridized carbons (Fsp3) is 0.190. The molecule has 3 rings (SSSR count). The minimum Gasteiger partial charge on any atom is -0.462 e. The molecule has 0 aliphatic heterocycles. The Morgan fingerprint density at radius 1 is 1.13 bits per heavy atom. The van der Waals surface area contributed by atoms with Gasteiger partial charge in [0, 0.05) is 23.4 Å². The molecule has 1 N–H and O–H groups in total. The Bertz CT molecular complexity index is 1140. The first-order chi connectivity index (χ1) is 14.3. The molecule has 0 aliphatic carbocycles. The van der Waals surface area contributed by atoms with Crippen LogP contribution in [0, 0.1) is 24.0 Å². The van der Waals surface area contributed by atoms with Gasteiger partial charge in [0.1, 0.15) is 0 Å². The molecule has 2 aromatic carbocycles. The lowest BCUT2D eigenvalue weighted by Crippen LogP contribution is -2.16. The van der Waals surface area contributed by atoms with Gasteiger partial charge in [-0.1, -0.05) is 12.1 Å². The van der Waals surface area contributed by atoms with Crippen molar-refractivity contribution in [3.63, 3.8) is 0 Å². The number of nitro groups is 1. The Hall–Kier alpha value is -4.01. The van der Waals surface area contributed by atoms with Crippen LogP contribution < -0.4 is 5.32 Å². The number of nitro benzene ring substituents is 1. The van der Waals surface area contributed by atoms with E-state index in [9.17, 15) is 19.7 Å². The van der Waals surface area contributed by atoms with E-state index in [0.717, 1.165) is 23.5 Å². The molecular weight excluding hydrogens is 388 g/mol. The Morgan fingerprint density at radius 2 is 1.83 bits per heavy atom. The monoisotopic (exact) mass is 408 g/mol. The van der Waals surface area contributed by atoms with Crippen molar-refractivity contribution in [3.8, 4) is 5.69 Å². The summed E-state index contributed by atoms with van der Waals surface area (Å²) in [5.41, 5.74) is 2.35. The molecule has 9 nitrogen and oxygen atoms in total. The molecule has 0 unspecified atom stereocenters. The number of carbonyl (C=O) groups excluding carboxylic acids is 2. The SMILES string of the molecule is CCOC(=O)c1cc(C(=O)Nc2ccccc2-n2nc(C)cc2C)cc([N+](=O)[O-])c1. The lowest BCUT2D eigenvalue weighted by molar-refractivity contribution is -0.384. The number of nitrogens with zero attached hydrogens (tertiary/aromatic N) is 3. The smallest absolute Gasteiger partial charge is 0.338 e. The van der Waals surface area contributed by atoms with Gasteiger partial charge < -0.3 is 10.1 Å². The molecule has 0 fully saturated rings. The molecule has 154 valence electrons. The van der Waals surface area contributed by atoms with Crippen molar-refractivity contribution < 1.29 is 19.2 Å². The van der Waals surface area contributed by atoms with E-state index >= 15 is 0 Å². The summed E-state index contributed by atoms with van der Waals surface area (Å²) in [5.74, 6) is -1.34. The van der Waals surface area contributed by atoms with Gasteiger partial charge in [0.2, 0.25) is 0 Å². The van der Waals surface area contributed by atoms with E-state index in [2.05, 4.69) is 10.4 Å². The summed E-state index contributed by atoms with van der Waals surface area (Å²) < 4.78 is 6.60. The fourth-order valence-corrected chi connectivity index (χ4v) is 3.01. The zero-order valence-corrected chi connectivity index (χ0v) is 16.7. The molecule has 3 aromatic rings. The first-order valence-corrected chi connectivity index (χ1v) is 9.20. The minimum atomic E-state index is -0.738. The Kier molecular flexibility index (Phi) is 5.91. The number of para-hydroxylation sites is 2. The molecule has 0 saturated heterocycles. The molecule has 0 saturated carbocycles.